The molecule has 6 heteroatoms. The predicted molar refractivity (Wildman–Crippen MR) is 104 cm³/mol. The summed E-state index contributed by atoms with van der Waals surface area (Å²) in [4.78, 5) is 13.7. The fourth-order valence-electron chi connectivity index (χ4n) is 3.29. The Morgan fingerprint density at radius 1 is 1.00 bits per heavy atom. The first-order chi connectivity index (χ1) is 12.5. The molecule has 1 N–H and O–H groups in total. The number of carbonyl (C=O) groups is 1. The number of nitrogens with one attached hydrogen (secondary N) is 1. The Kier molecular flexibility index (Phi) is 5.32. The number of nitrogens with zero attached hydrogens (tertiary/aromatic N) is 1. The van der Waals surface area contributed by atoms with E-state index in [1.807, 2.05) is 32.0 Å². The number of amides is 1. The lowest BCUT2D eigenvalue weighted by Gasteiger charge is -2.17. The number of rotatable bonds is 6. The largest absolute Gasteiger partial charge is 0.312 e. The lowest BCUT2D eigenvalue weighted by Crippen LogP contribution is -2.23. The van der Waals surface area contributed by atoms with Crippen LogP contribution in [0, 0.1) is 0 Å². The molecule has 0 aliphatic carbocycles. The van der Waals surface area contributed by atoms with Crippen LogP contribution in [-0.2, 0) is 27.7 Å². The highest BCUT2D eigenvalue weighted by molar-refractivity contribution is 7.92. The summed E-state index contributed by atoms with van der Waals surface area (Å²) in [6.45, 7) is 4.70. The minimum absolute atomic E-state index is 0.0863. The maximum atomic E-state index is 12.8. The van der Waals surface area contributed by atoms with Crippen LogP contribution in [0.2, 0.25) is 0 Å². The average Bonchev–Trinajstić information content (AvgIpc) is 3.07. The van der Waals surface area contributed by atoms with Gasteiger partial charge in [-0.3, -0.25) is 9.52 Å². The van der Waals surface area contributed by atoms with Gasteiger partial charge in [0.2, 0.25) is 5.91 Å². The van der Waals surface area contributed by atoms with Crippen molar-refractivity contribution >= 4 is 27.3 Å². The topological polar surface area (TPSA) is 66.5 Å². The van der Waals surface area contributed by atoms with Crippen molar-refractivity contribution in [3.63, 3.8) is 0 Å². The summed E-state index contributed by atoms with van der Waals surface area (Å²) < 4.78 is 28.4. The van der Waals surface area contributed by atoms with Gasteiger partial charge in [0.1, 0.15) is 0 Å². The Hall–Kier alpha value is -2.34. The van der Waals surface area contributed by atoms with Gasteiger partial charge in [0.15, 0.2) is 0 Å². The third-order valence-electron chi connectivity index (χ3n) is 4.77. The number of aryl methyl sites for hydroxylation is 2. The highest BCUT2D eigenvalue weighted by Gasteiger charge is 2.23. The van der Waals surface area contributed by atoms with Crippen LogP contribution in [-0.4, -0.2) is 20.9 Å². The molecular formula is C20H24N2O3S. The van der Waals surface area contributed by atoms with Gasteiger partial charge in [-0.05, 0) is 54.7 Å². The molecule has 3 rings (SSSR count). The zero-order valence-corrected chi connectivity index (χ0v) is 16.0. The Bertz CT molecular complexity index is 883. The lowest BCUT2D eigenvalue weighted by atomic mass is 10.0. The molecule has 0 atom stereocenters. The molecule has 1 amide bonds. The molecule has 1 saturated heterocycles. The maximum absolute atomic E-state index is 12.8. The second-order valence-corrected chi connectivity index (χ2v) is 8.09. The lowest BCUT2D eigenvalue weighted by molar-refractivity contribution is -0.117. The van der Waals surface area contributed by atoms with Gasteiger partial charge in [0.05, 0.1) is 10.6 Å². The van der Waals surface area contributed by atoms with Crippen LogP contribution in [0.15, 0.2) is 47.4 Å². The van der Waals surface area contributed by atoms with Gasteiger partial charge in [-0.15, -0.1) is 0 Å². The van der Waals surface area contributed by atoms with Crippen molar-refractivity contribution in [3.05, 3.63) is 53.6 Å². The minimum atomic E-state index is -3.69. The Labute approximate surface area is 155 Å². The van der Waals surface area contributed by atoms with E-state index in [-0.39, 0.29) is 10.8 Å². The Morgan fingerprint density at radius 3 is 2.12 bits per heavy atom. The zero-order valence-electron chi connectivity index (χ0n) is 15.2. The third-order valence-corrected chi connectivity index (χ3v) is 6.13. The summed E-state index contributed by atoms with van der Waals surface area (Å²) in [6, 6.07) is 12.4. The second-order valence-electron chi connectivity index (χ2n) is 6.41. The number of hydrogen-bond acceptors (Lipinski definition) is 3. The third kappa shape index (κ3) is 3.60. The first-order valence-electron chi connectivity index (χ1n) is 9.00. The van der Waals surface area contributed by atoms with Crippen molar-refractivity contribution in [1.29, 1.82) is 0 Å². The van der Waals surface area contributed by atoms with E-state index in [0.29, 0.717) is 18.7 Å². The van der Waals surface area contributed by atoms with E-state index in [0.717, 1.165) is 36.1 Å². The number of carbonyl (C=O) groups excluding carboxylic acids is 1. The molecule has 0 unspecified atom stereocenters. The molecule has 5 nitrogen and oxygen atoms in total. The minimum Gasteiger partial charge on any atom is -0.312 e. The van der Waals surface area contributed by atoms with Crippen molar-refractivity contribution in [2.24, 2.45) is 0 Å². The van der Waals surface area contributed by atoms with E-state index in [9.17, 15) is 13.2 Å². The van der Waals surface area contributed by atoms with Gasteiger partial charge in [0, 0.05) is 18.7 Å². The van der Waals surface area contributed by atoms with Gasteiger partial charge < -0.3 is 4.90 Å². The molecule has 138 valence electrons. The van der Waals surface area contributed by atoms with Gasteiger partial charge in [0.25, 0.3) is 10.0 Å². The van der Waals surface area contributed by atoms with Crippen molar-refractivity contribution in [3.8, 4) is 0 Å². The summed E-state index contributed by atoms with van der Waals surface area (Å²) in [5.74, 6) is 0.0863. The zero-order chi connectivity index (χ0) is 18.7. The molecule has 1 aliphatic heterocycles. The molecule has 2 aromatic carbocycles. The SMILES string of the molecule is CCc1cccc(CC)c1NS(=O)(=O)c1ccc(N2CCCC2=O)cc1. The van der Waals surface area contributed by atoms with Gasteiger partial charge in [-0.2, -0.15) is 0 Å². The number of para-hydroxylation sites is 1. The molecule has 0 radical (unpaired) electrons. The van der Waals surface area contributed by atoms with Gasteiger partial charge in [-0.25, -0.2) is 8.42 Å². The van der Waals surface area contributed by atoms with Crippen LogP contribution in [0.5, 0.6) is 0 Å². The van der Waals surface area contributed by atoms with Crippen molar-refractivity contribution in [1.82, 2.24) is 0 Å². The Morgan fingerprint density at radius 2 is 1.62 bits per heavy atom. The summed E-state index contributed by atoms with van der Waals surface area (Å²) in [5.41, 5.74) is 3.38. The first-order valence-corrected chi connectivity index (χ1v) is 10.5. The molecule has 1 fully saturated rings. The molecular weight excluding hydrogens is 348 g/mol. The van der Waals surface area contributed by atoms with E-state index in [2.05, 4.69) is 4.72 Å². The first kappa shape index (κ1) is 18.5. The van der Waals surface area contributed by atoms with E-state index in [1.165, 1.54) is 0 Å². The number of sulfonamides is 1. The summed E-state index contributed by atoms with van der Waals surface area (Å²) in [5, 5.41) is 0. The molecule has 2 aromatic rings. The summed E-state index contributed by atoms with van der Waals surface area (Å²) in [6.07, 6.45) is 2.90. The monoisotopic (exact) mass is 372 g/mol. The standard InChI is InChI=1S/C20H24N2O3S/c1-3-15-7-5-8-16(4-2)20(15)21-26(24,25)18-12-10-17(11-13-18)22-14-6-9-19(22)23/h5,7-8,10-13,21H,3-4,6,9,14H2,1-2H3. The fraction of sp³-hybridized carbons (Fsp3) is 0.350. The second kappa shape index (κ2) is 7.50. The molecule has 26 heavy (non-hydrogen) atoms. The maximum Gasteiger partial charge on any atom is 0.261 e. The van der Waals surface area contributed by atoms with Crippen molar-refractivity contribution in [2.75, 3.05) is 16.2 Å². The van der Waals surface area contributed by atoms with Crippen molar-refractivity contribution < 1.29 is 13.2 Å². The average molecular weight is 372 g/mol. The van der Waals surface area contributed by atoms with E-state index in [1.54, 1.807) is 29.2 Å². The van der Waals surface area contributed by atoms with E-state index >= 15 is 0 Å². The quantitative estimate of drug-likeness (QED) is 0.840. The van der Waals surface area contributed by atoms with Gasteiger partial charge in [-0.1, -0.05) is 32.0 Å². The van der Waals surface area contributed by atoms with Gasteiger partial charge >= 0.3 is 0 Å². The number of anilines is 2. The highest BCUT2D eigenvalue weighted by Crippen LogP contribution is 2.27. The molecule has 0 bridgehead atoms. The molecule has 1 heterocycles. The number of hydrogen-bond donors (Lipinski definition) is 1. The predicted octanol–water partition coefficient (Wildman–Crippen LogP) is 3.74. The smallest absolute Gasteiger partial charge is 0.261 e. The van der Waals surface area contributed by atoms with E-state index < -0.39 is 10.0 Å². The Balaban J connectivity index is 1.88. The molecule has 0 saturated carbocycles. The number of benzene rings is 2. The summed E-state index contributed by atoms with van der Waals surface area (Å²) >= 11 is 0. The normalized spacial score (nSPS) is 14.7. The fourth-order valence-corrected chi connectivity index (χ4v) is 4.44. The summed E-state index contributed by atoms with van der Waals surface area (Å²) in [7, 11) is -3.69. The van der Waals surface area contributed by atoms with Crippen LogP contribution >= 0.6 is 0 Å². The van der Waals surface area contributed by atoms with Crippen molar-refractivity contribution in [2.45, 2.75) is 44.4 Å². The highest BCUT2D eigenvalue weighted by atomic mass is 32.2. The van der Waals surface area contributed by atoms with Crippen LogP contribution in [0.4, 0.5) is 11.4 Å². The van der Waals surface area contributed by atoms with Crippen LogP contribution < -0.4 is 9.62 Å². The van der Waals surface area contributed by atoms with Crippen LogP contribution in [0.3, 0.4) is 0 Å². The van der Waals surface area contributed by atoms with Crippen LogP contribution in [0.25, 0.3) is 0 Å². The molecule has 0 aromatic heterocycles. The van der Waals surface area contributed by atoms with Crippen LogP contribution in [0.1, 0.15) is 37.8 Å². The van der Waals surface area contributed by atoms with E-state index in [4.69, 9.17) is 0 Å². The molecule has 1 aliphatic rings. The molecule has 0 spiro atoms.